The molecule has 0 aromatic heterocycles. The summed E-state index contributed by atoms with van der Waals surface area (Å²) < 4.78 is 10.5. The zero-order chi connectivity index (χ0) is 17.6. The fourth-order valence-corrected chi connectivity index (χ4v) is 2.92. The van der Waals surface area contributed by atoms with Gasteiger partial charge in [0, 0.05) is 0 Å². The Kier molecular flexibility index (Phi) is 4.34. The molecule has 2 amide bonds. The summed E-state index contributed by atoms with van der Waals surface area (Å²) in [5.41, 5.74) is -1.21. The summed E-state index contributed by atoms with van der Waals surface area (Å²) in [6, 6.07) is -1.33. The Bertz CT molecular complexity index is 518. The zero-order valence-electron chi connectivity index (χ0n) is 14.6. The molecule has 1 N–H and O–H groups in total. The van der Waals surface area contributed by atoms with Gasteiger partial charge in [-0.2, -0.15) is 0 Å². The van der Waals surface area contributed by atoms with Crippen LogP contribution in [0.3, 0.4) is 0 Å². The molecule has 2 fully saturated rings. The van der Waals surface area contributed by atoms with Gasteiger partial charge in [0.05, 0.1) is 6.04 Å². The van der Waals surface area contributed by atoms with Crippen molar-refractivity contribution in [3.05, 3.63) is 0 Å². The van der Waals surface area contributed by atoms with E-state index in [4.69, 9.17) is 9.47 Å². The molecular formula is C16H26N2O5. The second kappa shape index (κ2) is 5.69. The molecule has 2 saturated heterocycles. The number of hydrogen-bond donors (Lipinski definition) is 1. The van der Waals surface area contributed by atoms with Gasteiger partial charge in [-0.05, 0) is 54.4 Å². The topological polar surface area (TPSA) is 84.9 Å². The van der Waals surface area contributed by atoms with E-state index < -0.39 is 29.4 Å². The van der Waals surface area contributed by atoms with Crippen molar-refractivity contribution in [2.24, 2.45) is 0 Å². The molecule has 2 aliphatic rings. The summed E-state index contributed by atoms with van der Waals surface area (Å²) in [5.74, 6) is -0.640. The van der Waals surface area contributed by atoms with Gasteiger partial charge in [-0.15, -0.1) is 0 Å². The molecule has 0 saturated carbocycles. The number of alkyl carbamates (subject to hydrolysis) is 1. The molecule has 0 aromatic rings. The van der Waals surface area contributed by atoms with Crippen molar-refractivity contribution >= 4 is 18.0 Å². The monoisotopic (exact) mass is 326 g/mol. The molecule has 0 unspecified atom stereocenters. The van der Waals surface area contributed by atoms with Crippen LogP contribution in [0.25, 0.3) is 0 Å². The average Bonchev–Trinajstić information content (AvgIpc) is 2.72. The van der Waals surface area contributed by atoms with Gasteiger partial charge < -0.3 is 19.7 Å². The number of carbonyl (C=O) groups excluding carboxylic acids is 3. The number of carbonyl (C=O) groups is 3. The van der Waals surface area contributed by atoms with Crippen molar-refractivity contribution in [3.8, 4) is 0 Å². The molecule has 0 aromatic carbocycles. The predicted octanol–water partition coefficient (Wildman–Crippen LogP) is 1.59. The van der Waals surface area contributed by atoms with Crippen LogP contribution in [-0.4, -0.2) is 52.2 Å². The molecule has 3 atom stereocenters. The van der Waals surface area contributed by atoms with Crippen LogP contribution in [-0.2, 0) is 19.1 Å². The number of ether oxygens (including phenoxy) is 2. The van der Waals surface area contributed by atoms with E-state index in [1.807, 2.05) is 0 Å². The third kappa shape index (κ3) is 3.95. The number of β-lactam (4-membered cyclic amide) rings is 1. The van der Waals surface area contributed by atoms with Gasteiger partial charge in [0.1, 0.15) is 23.3 Å². The Balaban J connectivity index is 1.94. The maximum Gasteiger partial charge on any atom is 0.408 e. The summed E-state index contributed by atoms with van der Waals surface area (Å²) in [6.07, 6.45) is 0.602. The van der Waals surface area contributed by atoms with E-state index in [1.54, 1.807) is 41.5 Å². The summed E-state index contributed by atoms with van der Waals surface area (Å²) in [4.78, 5) is 37.8. The molecule has 0 radical (unpaired) electrons. The molecular weight excluding hydrogens is 300 g/mol. The molecule has 0 spiro atoms. The van der Waals surface area contributed by atoms with Crippen molar-refractivity contribution in [2.75, 3.05) is 0 Å². The molecule has 23 heavy (non-hydrogen) atoms. The van der Waals surface area contributed by atoms with Gasteiger partial charge in [0.2, 0.25) is 5.91 Å². The van der Waals surface area contributed by atoms with Crippen LogP contribution in [0.4, 0.5) is 4.79 Å². The van der Waals surface area contributed by atoms with Crippen molar-refractivity contribution in [1.29, 1.82) is 0 Å². The number of rotatable bonds is 2. The first kappa shape index (κ1) is 17.6. The summed E-state index contributed by atoms with van der Waals surface area (Å²) in [5, 5.41) is 2.60. The Hall–Kier alpha value is -1.79. The van der Waals surface area contributed by atoms with Crippen LogP contribution < -0.4 is 5.32 Å². The molecule has 2 rings (SSSR count). The van der Waals surface area contributed by atoms with Crippen LogP contribution in [0, 0.1) is 0 Å². The minimum Gasteiger partial charge on any atom is -0.458 e. The summed E-state index contributed by atoms with van der Waals surface area (Å²) in [7, 11) is 0. The quantitative estimate of drug-likeness (QED) is 0.615. The highest BCUT2D eigenvalue weighted by Gasteiger charge is 2.57. The molecule has 7 heteroatoms. The second-order valence-electron chi connectivity index (χ2n) is 8.06. The zero-order valence-corrected chi connectivity index (χ0v) is 14.6. The molecule has 0 aliphatic carbocycles. The number of hydrogen-bond acceptors (Lipinski definition) is 5. The largest absolute Gasteiger partial charge is 0.458 e. The van der Waals surface area contributed by atoms with E-state index in [0.29, 0.717) is 12.8 Å². The Labute approximate surface area is 136 Å². The van der Waals surface area contributed by atoms with E-state index in [9.17, 15) is 14.4 Å². The fourth-order valence-electron chi connectivity index (χ4n) is 2.92. The molecule has 2 aliphatic heterocycles. The minimum atomic E-state index is -0.620. The van der Waals surface area contributed by atoms with Gasteiger partial charge >= 0.3 is 12.1 Å². The lowest BCUT2D eigenvalue weighted by Gasteiger charge is -2.45. The maximum atomic E-state index is 12.3. The number of fused-ring (bicyclic) bond motifs is 1. The first-order valence-electron chi connectivity index (χ1n) is 7.93. The molecule has 130 valence electrons. The van der Waals surface area contributed by atoms with Crippen LogP contribution in [0.5, 0.6) is 0 Å². The van der Waals surface area contributed by atoms with Crippen LogP contribution in [0.2, 0.25) is 0 Å². The smallest absolute Gasteiger partial charge is 0.408 e. The number of esters is 1. The highest BCUT2D eigenvalue weighted by Crippen LogP contribution is 2.36. The van der Waals surface area contributed by atoms with Gasteiger partial charge in [-0.3, -0.25) is 4.79 Å². The highest BCUT2D eigenvalue weighted by molar-refractivity contribution is 5.96. The maximum absolute atomic E-state index is 12.3. The first-order valence-corrected chi connectivity index (χ1v) is 7.93. The number of nitrogens with one attached hydrogen (secondary N) is 1. The van der Waals surface area contributed by atoms with Crippen molar-refractivity contribution in [3.63, 3.8) is 0 Å². The normalized spacial score (nSPS) is 27.1. The standard InChI is InChI=1S/C16H26N2O5/c1-15(2,3)22-13(20)10-8-7-9-11(12(19)18(9)10)17-14(21)23-16(4,5)6/h9-11H,7-8H2,1-6H3,(H,17,21)/t9-,10-,11-/m0/s1. The SMILES string of the molecule is CC(C)(C)OC(=O)N[C@@H]1C(=O)N2[C@H](C(=O)OC(C)(C)C)CC[C@@H]12. The first-order chi connectivity index (χ1) is 10.4. The lowest BCUT2D eigenvalue weighted by atomic mass is 9.96. The highest BCUT2D eigenvalue weighted by atomic mass is 16.6. The van der Waals surface area contributed by atoms with Gasteiger partial charge in [-0.25, -0.2) is 9.59 Å². The molecule has 2 heterocycles. The van der Waals surface area contributed by atoms with E-state index in [2.05, 4.69) is 5.32 Å². The number of nitrogens with zero attached hydrogens (tertiary/aromatic N) is 1. The predicted molar refractivity (Wildman–Crippen MR) is 82.7 cm³/mol. The third-order valence-corrected chi connectivity index (χ3v) is 3.69. The Morgan fingerprint density at radius 3 is 2.13 bits per heavy atom. The lowest BCUT2D eigenvalue weighted by molar-refractivity contribution is -0.170. The Morgan fingerprint density at radius 1 is 1.04 bits per heavy atom. The van der Waals surface area contributed by atoms with Crippen LogP contribution >= 0.6 is 0 Å². The second-order valence-corrected chi connectivity index (χ2v) is 8.06. The fraction of sp³-hybridized carbons (Fsp3) is 0.812. The molecule has 7 nitrogen and oxygen atoms in total. The van der Waals surface area contributed by atoms with E-state index in [1.165, 1.54) is 4.90 Å². The lowest BCUT2D eigenvalue weighted by Crippen LogP contribution is -2.71. The summed E-state index contributed by atoms with van der Waals surface area (Å²) >= 11 is 0. The van der Waals surface area contributed by atoms with Gasteiger partial charge in [0.15, 0.2) is 0 Å². The third-order valence-electron chi connectivity index (χ3n) is 3.69. The van der Waals surface area contributed by atoms with Crippen molar-refractivity contribution < 1.29 is 23.9 Å². The van der Waals surface area contributed by atoms with Crippen LogP contribution in [0.15, 0.2) is 0 Å². The molecule has 0 bridgehead atoms. The summed E-state index contributed by atoms with van der Waals surface area (Å²) in [6.45, 7) is 10.7. The van der Waals surface area contributed by atoms with Gasteiger partial charge in [0.25, 0.3) is 0 Å². The Morgan fingerprint density at radius 2 is 1.61 bits per heavy atom. The van der Waals surface area contributed by atoms with E-state index in [0.717, 1.165) is 0 Å². The number of amides is 2. The van der Waals surface area contributed by atoms with Gasteiger partial charge in [-0.1, -0.05) is 0 Å². The van der Waals surface area contributed by atoms with E-state index >= 15 is 0 Å². The minimum absolute atomic E-state index is 0.160. The van der Waals surface area contributed by atoms with Crippen molar-refractivity contribution in [1.82, 2.24) is 10.2 Å². The van der Waals surface area contributed by atoms with E-state index in [-0.39, 0.29) is 17.9 Å². The average molecular weight is 326 g/mol. The van der Waals surface area contributed by atoms with Crippen LogP contribution in [0.1, 0.15) is 54.4 Å². The van der Waals surface area contributed by atoms with Crippen molar-refractivity contribution in [2.45, 2.75) is 83.7 Å².